The predicted octanol–water partition coefficient (Wildman–Crippen LogP) is 5.17. The third-order valence-electron chi connectivity index (χ3n) is 4.13. The second-order valence-electron chi connectivity index (χ2n) is 6.12. The molecule has 2 unspecified atom stereocenters. The van der Waals surface area contributed by atoms with E-state index in [-0.39, 0.29) is 25.2 Å². The van der Waals surface area contributed by atoms with Crippen molar-refractivity contribution >= 4 is 0 Å². The van der Waals surface area contributed by atoms with E-state index >= 15 is 0 Å². The van der Waals surface area contributed by atoms with Crippen LogP contribution in [-0.4, -0.2) is 61.7 Å². The van der Waals surface area contributed by atoms with Crippen LogP contribution < -0.4 is 0 Å². The quantitative estimate of drug-likeness (QED) is 0.358. The zero-order valence-corrected chi connectivity index (χ0v) is 13.7. The normalized spacial score (nSPS) is 22.9. The first-order valence-corrected chi connectivity index (χ1v) is 7.39. The fourth-order valence-corrected chi connectivity index (χ4v) is 2.00. The second kappa shape index (κ2) is 7.36. The molecule has 0 amide bonds. The molecule has 0 spiro atoms. The topological polar surface area (TPSA) is 18.5 Å². The van der Waals surface area contributed by atoms with Crippen LogP contribution in [0.25, 0.3) is 0 Å². The second-order valence-corrected chi connectivity index (χ2v) is 6.12. The van der Waals surface area contributed by atoms with E-state index in [0.29, 0.717) is 0 Å². The van der Waals surface area contributed by atoms with E-state index in [4.69, 9.17) is 4.74 Å². The Labute approximate surface area is 148 Å². The van der Waals surface area contributed by atoms with Gasteiger partial charge in [-0.05, 0) is 6.92 Å². The van der Waals surface area contributed by atoms with Crippen LogP contribution in [0, 0.1) is 5.92 Å². The fourth-order valence-electron chi connectivity index (χ4n) is 2.00. The standard InChI is InChI=1S/C13H13F13O2/c1-6-7(5-28-6)4-27-3-2-8(14,15)9(16,17)10(18,19)11(20,21)12(22,23)13(24,25)26/h6-7H,2-5H2,1H3. The largest absolute Gasteiger partial charge is 0.460 e. The van der Waals surface area contributed by atoms with Gasteiger partial charge in [0.05, 0.1) is 25.9 Å². The number of ether oxygens (including phenoxy) is 2. The molecule has 28 heavy (non-hydrogen) atoms. The number of rotatable bonds is 9. The molecule has 0 aromatic heterocycles. The Morgan fingerprint density at radius 3 is 1.57 bits per heavy atom. The lowest BCUT2D eigenvalue weighted by Crippen LogP contribution is -2.70. The Morgan fingerprint density at radius 1 is 0.750 bits per heavy atom. The first kappa shape index (κ1) is 25.0. The number of halogens is 13. The summed E-state index contributed by atoms with van der Waals surface area (Å²) in [6, 6.07) is 0. The lowest BCUT2D eigenvalue weighted by atomic mass is 9.93. The molecular weight excluding hydrogens is 435 g/mol. The fraction of sp³-hybridized carbons (Fsp3) is 1.00. The van der Waals surface area contributed by atoms with Crippen molar-refractivity contribution in [1.82, 2.24) is 0 Å². The zero-order valence-electron chi connectivity index (χ0n) is 13.7. The van der Waals surface area contributed by atoms with Crippen molar-refractivity contribution in [2.24, 2.45) is 5.92 Å². The van der Waals surface area contributed by atoms with Crippen LogP contribution in [0.1, 0.15) is 13.3 Å². The van der Waals surface area contributed by atoms with E-state index in [9.17, 15) is 57.1 Å². The maximum absolute atomic E-state index is 13.4. The van der Waals surface area contributed by atoms with Gasteiger partial charge in [-0.2, -0.15) is 57.1 Å². The Bertz CT molecular complexity index is 543. The molecular formula is C13H13F13O2. The minimum Gasteiger partial charge on any atom is -0.381 e. The monoisotopic (exact) mass is 448 g/mol. The Morgan fingerprint density at radius 2 is 1.21 bits per heavy atom. The molecule has 1 heterocycles. The van der Waals surface area contributed by atoms with Gasteiger partial charge in [0.15, 0.2) is 0 Å². The molecule has 0 N–H and O–H groups in total. The number of hydrogen-bond donors (Lipinski definition) is 0. The van der Waals surface area contributed by atoms with Gasteiger partial charge in [0.2, 0.25) is 0 Å². The molecule has 0 saturated carbocycles. The van der Waals surface area contributed by atoms with Gasteiger partial charge in [-0.3, -0.25) is 0 Å². The maximum atomic E-state index is 13.4. The highest BCUT2D eigenvalue weighted by Crippen LogP contribution is 2.60. The highest BCUT2D eigenvalue weighted by Gasteiger charge is 2.90. The van der Waals surface area contributed by atoms with Crippen LogP contribution in [0.4, 0.5) is 57.1 Å². The zero-order chi connectivity index (χ0) is 22.4. The third kappa shape index (κ3) is 3.87. The van der Waals surface area contributed by atoms with Crippen LogP contribution in [0.5, 0.6) is 0 Å². The van der Waals surface area contributed by atoms with E-state index in [1.54, 1.807) is 0 Å². The number of alkyl halides is 13. The van der Waals surface area contributed by atoms with Crippen LogP contribution in [0.3, 0.4) is 0 Å². The van der Waals surface area contributed by atoms with E-state index in [2.05, 4.69) is 4.74 Å². The smallest absolute Gasteiger partial charge is 0.381 e. The summed E-state index contributed by atoms with van der Waals surface area (Å²) in [7, 11) is 0. The van der Waals surface area contributed by atoms with Gasteiger partial charge in [-0.15, -0.1) is 0 Å². The van der Waals surface area contributed by atoms with Crippen molar-refractivity contribution < 1.29 is 66.5 Å². The summed E-state index contributed by atoms with van der Waals surface area (Å²) >= 11 is 0. The molecule has 2 nitrogen and oxygen atoms in total. The van der Waals surface area contributed by atoms with E-state index in [1.807, 2.05) is 0 Å². The van der Waals surface area contributed by atoms with Gasteiger partial charge >= 0.3 is 35.8 Å². The van der Waals surface area contributed by atoms with Gasteiger partial charge in [-0.25, -0.2) is 0 Å². The molecule has 0 aromatic rings. The summed E-state index contributed by atoms with van der Waals surface area (Å²) in [6.45, 7) is -0.0844. The molecule has 1 rings (SSSR count). The summed E-state index contributed by atoms with van der Waals surface area (Å²) in [4.78, 5) is 0. The van der Waals surface area contributed by atoms with Crippen LogP contribution in [0.15, 0.2) is 0 Å². The van der Waals surface area contributed by atoms with Gasteiger partial charge in [0.25, 0.3) is 0 Å². The minimum absolute atomic E-state index is 0.116. The van der Waals surface area contributed by atoms with Gasteiger partial charge < -0.3 is 9.47 Å². The van der Waals surface area contributed by atoms with E-state index in [0.717, 1.165) is 0 Å². The molecule has 0 aromatic carbocycles. The van der Waals surface area contributed by atoms with Crippen molar-refractivity contribution in [3.8, 4) is 0 Å². The Kier molecular flexibility index (Phi) is 6.59. The van der Waals surface area contributed by atoms with E-state index < -0.39 is 48.8 Å². The van der Waals surface area contributed by atoms with E-state index in [1.165, 1.54) is 6.92 Å². The average molecular weight is 448 g/mol. The summed E-state index contributed by atoms with van der Waals surface area (Å²) < 4.78 is 176. The third-order valence-corrected chi connectivity index (χ3v) is 4.13. The molecule has 1 aliphatic heterocycles. The highest BCUT2D eigenvalue weighted by molar-refractivity contribution is 5.10. The predicted molar refractivity (Wildman–Crippen MR) is 65.1 cm³/mol. The summed E-state index contributed by atoms with van der Waals surface area (Å²) in [6.07, 6.45) is -10.1. The van der Waals surface area contributed by atoms with Crippen LogP contribution in [-0.2, 0) is 9.47 Å². The summed E-state index contributed by atoms with van der Waals surface area (Å²) in [5.74, 6) is -37.0. The van der Waals surface area contributed by atoms with Gasteiger partial charge in [0.1, 0.15) is 0 Å². The lowest BCUT2D eigenvalue weighted by Gasteiger charge is -2.39. The first-order chi connectivity index (χ1) is 12.2. The average Bonchev–Trinajstić information content (AvgIpc) is 2.51. The molecule has 2 atom stereocenters. The lowest BCUT2D eigenvalue weighted by molar-refractivity contribution is -0.440. The molecule has 1 aliphatic rings. The van der Waals surface area contributed by atoms with Gasteiger partial charge in [0, 0.05) is 12.3 Å². The van der Waals surface area contributed by atoms with Crippen molar-refractivity contribution in [2.75, 3.05) is 19.8 Å². The maximum Gasteiger partial charge on any atom is 0.460 e. The Hall–Kier alpha value is -0.990. The molecule has 1 saturated heterocycles. The minimum atomic E-state index is -7.87. The summed E-state index contributed by atoms with van der Waals surface area (Å²) in [5, 5.41) is 0. The first-order valence-electron chi connectivity index (χ1n) is 7.39. The van der Waals surface area contributed by atoms with Crippen LogP contribution in [0.2, 0.25) is 0 Å². The highest BCUT2D eigenvalue weighted by atomic mass is 19.4. The SMILES string of the molecule is CC1OCC1COCCC(F)(F)C(F)(F)C(F)(F)C(F)(F)C(F)(F)C(F)(F)F. The molecule has 15 heteroatoms. The van der Waals surface area contributed by atoms with Gasteiger partial charge in [-0.1, -0.05) is 0 Å². The Balaban J connectivity index is 2.95. The van der Waals surface area contributed by atoms with Crippen molar-refractivity contribution in [3.05, 3.63) is 0 Å². The van der Waals surface area contributed by atoms with Crippen LogP contribution >= 0.6 is 0 Å². The molecule has 0 radical (unpaired) electrons. The molecule has 0 aliphatic carbocycles. The van der Waals surface area contributed by atoms with Crippen molar-refractivity contribution in [1.29, 1.82) is 0 Å². The van der Waals surface area contributed by atoms with Crippen molar-refractivity contribution in [3.63, 3.8) is 0 Å². The molecule has 168 valence electrons. The number of hydrogen-bond acceptors (Lipinski definition) is 2. The summed E-state index contributed by atoms with van der Waals surface area (Å²) in [5.41, 5.74) is 0. The van der Waals surface area contributed by atoms with Crippen molar-refractivity contribution in [2.45, 2.75) is 55.2 Å². The molecule has 0 bridgehead atoms. The molecule has 1 fully saturated rings.